The van der Waals surface area contributed by atoms with Crippen LogP contribution in [0.4, 0.5) is 22.8 Å². The van der Waals surface area contributed by atoms with E-state index in [1.165, 1.54) is 14.2 Å². The van der Waals surface area contributed by atoms with E-state index in [2.05, 4.69) is 25.6 Å². The summed E-state index contributed by atoms with van der Waals surface area (Å²) in [5.74, 6) is 0.794. The fourth-order valence-corrected chi connectivity index (χ4v) is 10.5. The van der Waals surface area contributed by atoms with Gasteiger partial charge < -0.3 is 44.6 Å². The van der Waals surface area contributed by atoms with E-state index < -0.39 is 41.6 Å². The van der Waals surface area contributed by atoms with Crippen LogP contribution < -0.4 is 15.4 Å². The summed E-state index contributed by atoms with van der Waals surface area (Å²) < 4.78 is 60.2. The molecule has 0 radical (unpaired) electrons. The molecule has 0 aliphatic carbocycles. The summed E-state index contributed by atoms with van der Waals surface area (Å²) in [5.41, 5.74) is 5.87. The third-order valence-electron chi connectivity index (χ3n) is 13.2. The lowest BCUT2D eigenvalue weighted by atomic mass is 9.98. The van der Waals surface area contributed by atoms with Crippen molar-refractivity contribution < 1.29 is 46.6 Å². The van der Waals surface area contributed by atoms with Gasteiger partial charge in [-0.05, 0) is 80.3 Å². The lowest BCUT2D eigenvalue weighted by Gasteiger charge is -2.30. The number of benzene rings is 2. The first-order chi connectivity index (χ1) is 32.9. The monoisotopic (exact) mass is 970 g/mol. The Kier molecular flexibility index (Phi) is 12.7. The zero-order valence-electron chi connectivity index (χ0n) is 39.1. The first-order valence-corrected chi connectivity index (χ1v) is 23.7. The predicted molar refractivity (Wildman–Crippen MR) is 249 cm³/mol. The second kappa shape index (κ2) is 18.5. The van der Waals surface area contributed by atoms with E-state index >= 15 is 0 Å². The second-order valence-corrected chi connectivity index (χ2v) is 19.4. The molecule has 4 N–H and O–H groups in total. The molecule has 4 amide bonds. The van der Waals surface area contributed by atoms with Crippen LogP contribution >= 0.6 is 11.3 Å². The number of H-pyrrole nitrogens is 2. The van der Waals surface area contributed by atoms with E-state index in [9.17, 15) is 32.3 Å². The van der Waals surface area contributed by atoms with Gasteiger partial charge in [0.1, 0.15) is 34.4 Å². The number of alkyl halides is 3. The summed E-state index contributed by atoms with van der Waals surface area (Å²) in [6.07, 6.45) is 0.0534. The van der Waals surface area contributed by atoms with Gasteiger partial charge >= 0.3 is 18.4 Å². The number of aryl methyl sites for hydroxylation is 1. The van der Waals surface area contributed by atoms with Gasteiger partial charge in [0, 0.05) is 35.2 Å². The Morgan fingerprint density at radius 1 is 0.783 bits per heavy atom. The van der Waals surface area contributed by atoms with Crippen molar-refractivity contribution in [1.82, 2.24) is 49.9 Å². The van der Waals surface area contributed by atoms with Gasteiger partial charge in [-0.1, -0.05) is 33.8 Å². The Morgan fingerprint density at radius 2 is 1.35 bits per heavy atom. The van der Waals surface area contributed by atoms with Crippen molar-refractivity contribution in [3.63, 3.8) is 0 Å². The highest BCUT2D eigenvalue weighted by Gasteiger charge is 2.41. The average molecular weight is 971 g/mol. The Bertz CT molecular complexity index is 2940. The molecule has 2 fully saturated rings. The number of hydrogen-bond acceptors (Lipinski definition) is 11. The van der Waals surface area contributed by atoms with Gasteiger partial charge in [0.05, 0.1) is 67.5 Å². The minimum absolute atomic E-state index is 0.116. The lowest BCUT2D eigenvalue weighted by Crippen LogP contribution is -2.51. The Morgan fingerprint density at radius 3 is 1.87 bits per heavy atom. The number of rotatable bonds is 11. The molecule has 17 nitrogen and oxygen atoms in total. The van der Waals surface area contributed by atoms with Gasteiger partial charge in [0.25, 0.3) is 0 Å². The number of amides is 4. The van der Waals surface area contributed by atoms with Crippen molar-refractivity contribution in [3.05, 3.63) is 82.1 Å². The number of halogens is 3. The molecule has 7 heterocycles. The number of likely N-dealkylation sites (tertiary alicyclic amines) is 2. The highest BCUT2D eigenvalue weighted by atomic mass is 32.1. The molecule has 364 valence electrons. The number of fused-ring (bicyclic) bond motifs is 5. The molecule has 3 aliphatic rings. The molecule has 4 aromatic heterocycles. The van der Waals surface area contributed by atoms with Gasteiger partial charge in [-0.2, -0.15) is 13.2 Å². The van der Waals surface area contributed by atoms with Crippen LogP contribution in [0, 0.1) is 18.8 Å². The maximum absolute atomic E-state index is 14.0. The van der Waals surface area contributed by atoms with Crippen LogP contribution in [0.15, 0.2) is 55.0 Å². The third kappa shape index (κ3) is 8.87. The number of nitrogens with zero attached hydrogens (tertiary/aromatic N) is 6. The number of carbonyl (C=O) groups is 4. The topological polar surface area (TPSA) is 202 Å². The number of carbonyl (C=O) groups excluding carboxylic acids is 4. The van der Waals surface area contributed by atoms with Gasteiger partial charge in [0.15, 0.2) is 5.01 Å². The average Bonchev–Trinajstić information content (AvgIpc) is 4.18. The summed E-state index contributed by atoms with van der Waals surface area (Å²) in [7, 11) is 2.51. The lowest BCUT2D eigenvalue weighted by molar-refractivity contribution is -0.136. The van der Waals surface area contributed by atoms with Crippen molar-refractivity contribution in [2.75, 3.05) is 27.3 Å². The van der Waals surface area contributed by atoms with Crippen molar-refractivity contribution in [2.45, 2.75) is 96.9 Å². The Labute approximate surface area is 399 Å². The molecule has 2 saturated heterocycles. The number of methoxy groups -OCH3 is 2. The van der Waals surface area contributed by atoms with E-state index in [4.69, 9.17) is 24.2 Å². The fourth-order valence-electron chi connectivity index (χ4n) is 9.74. The molecule has 69 heavy (non-hydrogen) atoms. The quantitative estimate of drug-likeness (QED) is 0.0972. The minimum atomic E-state index is -4.60. The molecule has 0 spiro atoms. The van der Waals surface area contributed by atoms with Crippen molar-refractivity contribution in [1.29, 1.82) is 0 Å². The van der Waals surface area contributed by atoms with Crippen LogP contribution in [0.3, 0.4) is 0 Å². The standard InChI is InChI=1S/C48H53F3N10O7S/c1-23(2)38(57-46(64)66-6)43(62)59-14-8-10-32(59)40-52-20-29(55-40)26-12-13-31-28(17-26)18-34-37-25(5)16-27(19-35(37)68-45(61(31)34)42-54-22-36(69-42)48(49,50)51)30-21-53-41(56-30)33-11-9-15-60(33)44(63)39(24(3)4)58-47(65)67-7/h12-13,16-24,32-33,38-39,45H,8-11,14-15H2,1-7H3,(H,52,55)(H,53,56)(H,57,64)(H,58,65)/t32-,33-,38-,39-,45?/m0/s1. The van der Waals surface area contributed by atoms with Crippen LogP contribution in [0.1, 0.15) is 98.8 Å². The number of nitrogens with one attached hydrogen (secondary N) is 4. The second-order valence-electron chi connectivity index (χ2n) is 18.3. The molecule has 0 bridgehead atoms. The van der Waals surface area contributed by atoms with E-state index in [0.717, 1.165) is 46.8 Å². The molecule has 21 heteroatoms. The van der Waals surface area contributed by atoms with Gasteiger partial charge in [-0.15, -0.1) is 11.3 Å². The smallest absolute Gasteiger partial charge is 0.427 e. The van der Waals surface area contributed by atoms with Crippen molar-refractivity contribution in [3.8, 4) is 39.5 Å². The van der Waals surface area contributed by atoms with Crippen LogP contribution in [-0.4, -0.2) is 103 Å². The third-order valence-corrected chi connectivity index (χ3v) is 14.3. The van der Waals surface area contributed by atoms with E-state index in [1.807, 2.05) is 75.6 Å². The van der Waals surface area contributed by atoms with E-state index in [0.29, 0.717) is 77.1 Å². The van der Waals surface area contributed by atoms with Crippen LogP contribution in [0.5, 0.6) is 5.75 Å². The van der Waals surface area contributed by atoms with Gasteiger partial charge in [-0.3, -0.25) is 14.2 Å². The van der Waals surface area contributed by atoms with Crippen LogP contribution in [-0.2, 0) is 25.2 Å². The SMILES string of the molecule is COC(=O)N[C@H](C(=O)N1CCC[C@H]1c1ncc(-c2cc(C)c3c(c2)OC(c2ncc(C(F)(F)F)s2)n2c-3cc3cc(-c4cnc([C@@H]5CCCN5C(=O)[C@@H](NC(=O)OC)C(C)C)[nH]4)ccc32)[nH]1)C(C)C. The summed E-state index contributed by atoms with van der Waals surface area (Å²) in [6, 6.07) is 9.32. The molecule has 1 unspecified atom stereocenters. The summed E-state index contributed by atoms with van der Waals surface area (Å²) >= 11 is 0.525. The Balaban J connectivity index is 1.04. The fraction of sp³-hybridized carbons (Fsp3) is 0.438. The Hall–Kier alpha value is -6.90. The molecule has 5 atom stereocenters. The van der Waals surface area contributed by atoms with Crippen LogP contribution in [0.2, 0.25) is 0 Å². The predicted octanol–water partition coefficient (Wildman–Crippen LogP) is 8.90. The maximum Gasteiger partial charge on any atom is 0.427 e. The molecule has 6 aromatic rings. The van der Waals surface area contributed by atoms with Crippen molar-refractivity contribution >= 4 is 46.2 Å². The molecule has 0 saturated carbocycles. The van der Waals surface area contributed by atoms with Gasteiger partial charge in [-0.25, -0.2) is 24.5 Å². The highest BCUT2D eigenvalue weighted by molar-refractivity contribution is 7.11. The molecule has 9 rings (SSSR count). The molecule has 3 aliphatic heterocycles. The number of ether oxygens (including phenoxy) is 3. The molecule has 2 aromatic carbocycles. The van der Waals surface area contributed by atoms with Crippen LogP contribution in [0.25, 0.3) is 44.7 Å². The maximum atomic E-state index is 14.0. The summed E-state index contributed by atoms with van der Waals surface area (Å²) in [6.45, 7) is 10.4. The largest absolute Gasteiger partial charge is 0.463 e. The number of imidazole rings is 2. The zero-order valence-corrected chi connectivity index (χ0v) is 39.9. The summed E-state index contributed by atoms with van der Waals surface area (Å²) in [4.78, 5) is 75.0. The first-order valence-electron chi connectivity index (χ1n) is 22.9. The normalized spacial score (nSPS) is 18.8. The number of aromatic nitrogens is 6. The van der Waals surface area contributed by atoms with Gasteiger partial charge in [0.2, 0.25) is 18.0 Å². The number of hydrogen-bond donors (Lipinski definition) is 4. The van der Waals surface area contributed by atoms with Crippen molar-refractivity contribution in [2.24, 2.45) is 11.8 Å². The number of thiazole rings is 1. The molecular formula is C48H53F3N10O7S. The van der Waals surface area contributed by atoms with E-state index in [1.54, 1.807) is 22.2 Å². The first kappa shape index (κ1) is 47.2. The molecular weight excluding hydrogens is 918 g/mol. The zero-order chi connectivity index (χ0) is 49.1. The van der Waals surface area contributed by atoms with E-state index in [-0.39, 0.29) is 40.7 Å². The number of alkyl carbamates (subject to hydrolysis) is 2. The summed E-state index contributed by atoms with van der Waals surface area (Å²) in [5, 5.41) is 6.25. The number of aromatic amines is 2. The minimum Gasteiger partial charge on any atom is -0.463 e. The highest BCUT2D eigenvalue weighted by Crippen LogP contribution is 2.49.